The maximum absolute atomic E-state index is 11.5. The van der Waals surface area contributed by atoms with Crippen molar-refractivity contribution in [2.24, 2.45) is 5.92 Å². The molecule has 1 rings (SSSR count). The maximum atomic E-state index is 11.5. The molecule has 0 aliphatic carbocycles. The number of nitrogens with one attached hydrogen (secondary N) is 1. The molecule has 1 aromatic carbocycles. The minimum Gasteiger partial charge on any atom is -0.355 e. The summed E-state index contributed by atoms with van der Waals surface area (Å²) >= 11 is 6.93. The van der Waals surface area contributed by atoms with E-state index in [2.05, 4.69) is 19.2 Å². The molecule has 5 heteroatoms. The van der Waals surface area contributed by atoms with Gasteiger partial charge >= 0.3 is 0 Å². The Labute approximate surface area is 123 Å². The number of benzene rings is 1. The molecule has 1 amide bonds. The molecule has 0 radical (unpaired) electrons. The Morgan fingerprint density at radius 3 is 2.42 bits per heavy atom. The molecular weight excluding hydrogens is 282 g/mol. The molecule has 104 valence electrons. The summed E-state index contributed by atoms with van der Waals surface area (Å²) in [5, 5.41) is 2.86. The van der Waals surface area contributed by atoms with E-state index < -0.39 is 0 Å². The van der Waals surface area contributed by atoms with Crippen LogP contribution in [0.15, 0.2) is 29.2 Å². The summed E-state index contributed by atoms with van der Waals surface area (Å²) in [5.41, 5.74) is 0.601. The van der Waals surface area contributed by atoms with Crippen LogP contribution in [0.2, 0.25) is 0 Å². The van der Waals surface area contributed by atoms with Gasteiger partial charge in [0.15, 0.2) is 5.78 Å². The van der Waals surface area contributed by atoms with Crippen LogP contribution in [0.1, 0.15) is 24.2 Å². The van der Waals surface area contributed by atoms with E-state index in [0.717, 1.165) is 4.90 Å². The van der Waals surface area contributed by atoms with Gasteiger partial charge in [-0.3, -0.25) is 9.59 Å². The molecule has 0 aliphatic rings. The third kappa shape index (κ3) is 6.12. The molecule has 0 aliphatic heterocycles. The van der Waals surface area contributed by atoms with E-state index in [1.54, 1.807) is 12.1 Å². The Balaban J connectivity index is 2.41. The van der Waals surface area contributed by atoms with Crippen molar-refractivity contribution in [1.29, 1.82) is 0 Å². The first-order valence-corrected chi connectivity index (χ1v) is 7.63. The lowest BCUT2D eigenvalue weighted by molar-refractivity contribution is -0.118. The molecular formula is C14H18ClNO2S. The lowest BCUT2D eigenvalue weighted by Gasteiger charge is -2.07. The standard InChI is InChI=1S/C14H18ClNO2S/c1-10(2)8-16-14(18)9-19-12-5-3-11(4-6-12)13(17)7-15/h3-6,10H,7-9H2,1-2H3,(H,16,18). The number of amides is 1. The number of halogens is 1. The van der Waals surface area contributed by atoms with Crippen LogP contribution in [-0.2, 0) is 4.79 Å². The third-order valence-corrected chi connectivity index (χ3v) is 3.63. The van der Waals surface area contributed by atoms with Gasteiger partial charge in [-0.1, -0.05) is 26.0 Å². The van der Waals surface area contributed by atoms with Crippen LogP contribution < -0.4 is 5.32 Å². The highest BCUT2D eigenvalue weighted by atomic mass is 35.5. The predicted molar refractivity (Wildman–Crippen MR) is 80.1 cm³/mol. The number of carbonyl (C=O) groups is 2. The molecule has 19 heavy (non-hydrogen) atoms. The SMILES string of the molecule is CC(C)CNC(=O)CSc1ccc(C(=O)CCl)cc1. The monoisotopic (exact) mass is 299 g/mol. The van der Waals surface area contributed by atoms with Crippen molar-refractivity contribution in [2.45, 2.75) is 18.7 Å². The first-order chi connectivity index (χ1) is 9.02. The first-order valence-electron chi connectivity index (χ1n) is 6.11. The summed E-state index contributed by atoms with van der Waals surface area (Å²) in [7, 11) is 0. The van der Waals surface area contributed by atoms with Crippen LogP contribution in [0, 0.1) is 5.92 Å². The lowest BCUT2D eigenvalue weighted by atomic mass is 10.1. The molecule has 0 fully saturated rings. The first kappa shape index (κ1) is 16.1. The van der Waals surface area contributed by atoms with Crippen molar-refractivity contribution in [3.8, 4) is 0 Å². The van der Waals surface area contributed by atoms with Gasteiger partial charge in [-0.2, -0.15) is 0 Å². The summed E-state index contributed by atoms with van der Waals surface area (Å²) in [6.07, 6.45) is 0. The predicted octanol–water partition coefficient (Wildman–Crippen LogP) is 2.97. The fourth-order valence-corrected chi connectivity index (χ4v) is 2.21. The Kier molecular flexibility index (Phi) is 6.95. The average Bonchev–Trinajstić information content (AvgIpc) is 2.42. The summed E-state index contributed by atoms with van der Waals surface area (Å²) in [4.78, 5) is 23.8. The molecule has 0 aromatic heterocycles. The van der Waals surface area contributed by atoms with Gasteiger partial charge < -0.3 is 5.32 Å². The Bertz CT molecular complexity index is 432. The summed E-state index contributed by atoms with van der Waals surface area (Å²) in [6, 6.07) is 7.14. The summed E-state index contributed by atoms with van der Waals surface area (Å²) < 4.78 is 0. The zero-order valence-corrected chi connectivity index (χ0v) is 12.7. The number of rotatable bonds is 7. The number of thioether (sulfide) groups is 1. The Morgan fingerprint density at radius 1 is 1.26 bits per heavy atom. The fraction of sp³-hybridized carbons (Fsp3) is 0.429. The van der Waals surface area contributed by atoms with Crippen molar-refractivity contribution in [1.82, 2.24) is 5.32 Å². The highest BCUT2D eigenvalue weighted by Gasteiger charge is 2.06. The maximum Gasteiger partial charge on any atom is 0.230 e. The van der Waals surface area contributed by atoms with Crippen LogP contribution >= 0.6 is 23.4 Å². The molecule has 0 spiro atoms. The average molecular weight is 300 g/mol. The molecule has 0 saturated heterocycles. The van der Waals surface area contributed by atoms with Crippen molar-refractivity contribution >= 4 is 35.1 Å². The fourth-order valence-electron chi connectivity index (χ4n) is 1.33. The zero-order valence-electron chi connectivity index (χ0n) is 11.1. The summed E-state index contributed by atoms with van der Waals surface area (Å²) in [6.45, 7) is 4.81. The van der Waals surface area contributed by atoms with Gasteiger partial charge in [-0.25, -0.2) is 0 Å². The second-order valence-electron chi connectivity index (χ2n) is 4.57. The van der Waals surface area contributed by atoms with Crippen LogP contribution in [0.25, 0.3) is 0 Å². The molecule has 0 atom stereocenters. The quantitative estimate of drug-likeness (QED) is 0.478. The Morgan fingerprint density at radius 2 is 1.89 bits per heavy atom. The van der Waals surface area contributed by atoms with E-state index in [-0.39, 0.29) is 17.6 Å². The van der Waals surface area contributed by atoms with Gasteiger partial charge in [0.25, 0.3) is 0 Å². The van der Waals surface area contributed by atoms with Gasteiger partial charge in [0.05, 0.1) is 11.6 Å². The van der Waals surface area contributed by atoms with Gasteiger partial charge in [0, 0.05) is 17.0 Å². The number of ketones is 1. The van der Waals surface area contributed by atoms with E-state index in [1.807, 2.05) is 12.1 Å². The van der Waals surface area contributed by atoms with E-state index in [9.17, 15) is 9.59 Å². The molecule has 0 unspecified atom stereocenters. The number of Topliss-reactive ketones (excluding diaryl/α,β-unsaturated/α-hetero) is 1. The van der Waals surface area contributed by atoms with E-state index in [4.69, 9.17) is 11.6 Å². The van der Waals surface area contributed by atoms with E-state index >= 15 is 0 Å². The summed E-state index contributed by atoms with van der Waals surface area (Å²) in [5.74, 6) is 0.766. The van der Waals surface area contributed by atoms with E-state index in [0.29, 0.717) is 23.8 Å². The molecule has 0 bridgehead atoms. The minimum absolute atomic E-state index is 0.00982. The van der Waals surface area contributed by atoms with Crippen LogP contribution in [0.4, 0.5) is 0 Å². The van der Waals surface area contributed by atoms with Crippen molar-refractivity contribution in [3.05, 3.63) is 29.8 Å². The van der Waals surface area contributed by atoms with Crippen molar-refractivity contribution in [3.63, 3.8) is 0 Å². The molecule has 1 N–H and O–H groups in total. The van der Waals surface area contributed by atoms with Crippen LogP contribution in [0.3, 0.4) is 0 Å². The largest absolute Gasteiger partial charge is 0.355 e. The number of carbonyl (C=O) groups excluding carboxylic acids is 2. The number of hydrogen-bond donors (Lipinski definition) is 1. The molecule has 0 saturated carbocycles. The number of alkyl halides is 1. The molecule has 1 aromatic rings. The van der Waals surface area contributed by atoms with Crippen LogP contribution in [-0.4, -0.2) is 29.9 Å². The second-order valence-corrected chi connectivity index (χ2v) is 5.88. The normalized spacial score (nSPS) is 10.5. The van der Waals surface area contributed by atoms with Crippen LogP contribution in [0.5, 0.6) is 0 Å². The molecule has 3 nitrogen and oxygen atoms in total. The van der Waals surface area contributed by atoms with Gasteiger partial charge in [0.1, 0.15) is 0 Å². The highest BCUT2D eigenvalue weighted by Crippen LogP contribution is 2.18. The lowest BCUT2D eigenvalue weighted by Crippen LogP contribution is -2.28. The highest BCUT2D eigenvalue weighted by molar-refractivity contribution is 8.00. The van der Waals surface area contributed by atoms with Gasteiger partial charge in [-0.05, 0) is 18.1 Å². The van der Waals surface area contributed by atoms with Gasteiger partial charge in [0.2, 0.25) is 5.91 Å². The third-order valence-electron chi connectivity index (χ3n) is 2.38. The smallest absolute Gasteiger partial charge is 0.230 e. The number of hydrogen-bond acceptors (Lipinski definition) is 3. The Hall–Kier alpha value is -1.00. The van der Waals surface area contributed by atoms with Crippen molar-refractivity contribution < 1.29 is 9.59 Å². The minimum atomic E-state index is -0.0899. The van der Waals surface area contributed by atoms with Gasteiger partial charge in [-0.15, -0.1) is 23.4 Å². The van der Waals surface area contributed by atoms with E-state index in [1.165, 1.54) is 11.8 Å². The van der Waals surface area contributed by atoms with Crippen molar-refractivity contribution in [2.75, 3.05) is 18.2 Å². The zero-order chi connectivity index (χ0) is 14.3. The topological polar surface area (TPSA) is 46.2 Å². The second kappa shape index (κ2) is 8.23. The molecule has 0 heterocycles.